The largest absolute Gasteiger partial charge is 0.389 e. The van der Waals surface area contributed by atoms with Crippen molar-refractivity contribution in [2.24, 2.45) is 17.8 Å². The summed E-state index contributed by atoms with van der Waals surface area (Å²) in [6, 6.07) is 0. The number of allylic oxidation sites excluding steroid dienone is 1. The van der Waals surface area contributed by atoms with Crippen LogP contribution in [0.15, 0.2) is 12.2 Å². The van der Waals surface area contributed by atoms with E-state index in [-0.39, 0.29) is 23.5 Å². The molecule has 1 aliphatic heterocycles. The van der Waals surface area contributed by atoms with Gasteiger partial charge in [-0.05, 0) is 38.5 Å². The maximum atomic E-state index is 13.8. The van der Waals surface area contributed by atoms with Crippen LogP contribution in [0.2, 0.25) is 0 Å². The Morgan fingerprint density at radius 1 is 1.16 bits per heavy atom. The van der Waals surface area contributed by atoms with Gasteiger partial charge < -0.3 is 15.5 Å². The van der Waals surface area contributed by atoms with Gasteiger partial charge >= 0.3 is 0 Å². The number of nitrogens with one attached hydrogen (secondary N) is 1. The van der Waals surface area contributed by atoms with Gasteiger partial charge in [0.25, 0.3) is 0 Å². The minimum absolute atomic E-state index is 0.180. The second-order valence-corrected chi connectivity index (χ2v) is 10.4. The van der Waals surface area contributed by atoms with Crippen molar-refractivity contribution in [2.45, 2.75) is 121 Å². The molecular weight excluding hydrogens is 390 g/mol. The Hall–Kier alpha value is -1.20. The molecule has 5 atom stereocenters. The maximum absolute atomic E-state index is 13.8. The summed E-state index contributed by atoms with van der Waals surface area (Å²) in [6.07, 6.45) is 16.0. The van der Waals surface area contributed by atoms with Crippen molar-refractivity contribution >= 4 is 11.7 Å². The molecule has 176 valence electrons. The molecule has 0 aromatic heterocycles. The van der Waals surface area contributed by atoms with E-state index in [9.17, 15) is 19.8 Å². The molecule has 0 aromatic rings. The number of unbranched alkanes of at least 4 members (excludes halogenated alkanes) is 3. The molecule has 3 rings (SSSR count). The smallest absolute Gasteiger partial charge is 0.227 e. The third-order valence-corrected chi connectivity index (χ3v) is 8.24. The molecule has 5 nitrogen and oxygen atoms in total. The van der Waals surface area contributed by atoms with Crippen molar-refractivity contribution in [3.8, 4) is 0 Å². The van der Waals surface area contributed by atoms with E-state index in [0.717, 1.165) is 70.6 Å². The Balaban J connectivity index is 1.88. The summed E-state index contributed by atoms with van der Waals surface area (Å²) in [5.74, 6) is -1.07. The van der Waals surface area contributed by atoms with Gasteiger partial charge in [-0.1, -0.05) is 76.9 Å². The zero-order chi connectivity index (χ0) is 22.5. The van der Waals surface area contributed by atoms with Crippen molar-refractivity contribution < 1.29 is 19.8 Å². The van der Waals surface area contributed by atoms with Crippen LogP contribution in [0.25, 0.3) is 0 Å². The molecule has 2 aliphatic carbocycles. The van der Waals surface area contributed by atoms with Crippen LogP contribution in [0.4, 0.5) is 0 Å². The van der Waals surface area contributed by atoms with Gasteiger partial charge in [0.05, 0.1) is 12.0 Å². The predicted molar refractivity (Wildman–Crippen MR) is 122 cm³/mol. The number of hydrogen-bond acceptors (Lipinski definition) is 4. The van der Waals surface area contributed by atoms with Gasteiger partial charge in [0, 0.05) is 12.3 Å². The Kier molecular flexibility index (Phi) is 8.37. The summed E-state index contributed by atoms with van der Waals surface area (Å²) in [6.45, 7) is 3.76. The fraction of sp³-hybridized carbons (Fsp3) is 0.846. The van der Waals surface area contributed by atoms with Crippen LogP contribution in [-0.4, -0.2) is 39.1 Å². The molecule has 0 aromatic carbocycles. The molecule has 1 amide bonds. The zero-order valence-corrected chi connectivity index (χ0v) is 19.6. The van der Waals surface area contributed by atoms with Crippen molar-refractivity contribution in [3.05, 3.63) is 12.2 Å². The lowest BCUT2D eigenvalue weighted by Crippen LogP contribution is -2.70. The summed E-state index contributed by atoms with van der Waals surface area (Å²) in [4.78, 5) is 26.9. The first-order valence-corrected chi connectivity index (χ1v) is 12.8. The molecule has 0 spiro atoms. The summed E-state index contributed by atoms with van der Waals surface area (Å²) in [5, 5.41) is 26.3. The zero-order valence-electron chi connectivity index (χ0n) is 19.6. The van der Waals surface area contributed by atoms with Crippen LogP contribution >= 0.6 is 0 Å². The lowest BCUT2D eigenvalue weighted by atomic mass is 9.64. The molecule has 1 saturated carbocycles. The number of ketones is 1. The Morgan fingerprint density at radius 3 is 2.55 bits per heavy atom. The van der Waals surface area contributed by atoms with E-state index in [1.165, 1.54) is 6.42 Å². The molecule has 3 N–H and O–H groups in total. The monoisotopic (exact) mass is 433 g/mol. The SMILES string of the molecule is CCCCCC[C@H]1C(=O)N[C@](C(=O)CC2CCCCC2)([C@@H](O)[C@@H]2C=CCCC2)[C@@]1(C)O. The number of hydrogen-bond donors (Lipinski definition) is 3. The fourth-order valence-corrected chi connectivity index (χ4v) is 6.25. The molecule has 0 bridgehead atoms. The number of aliphatic hydroxyl groups is 2. The van der Waals surface area contributed by atoms with Crippen molar-refractivity contribution in [1.29, 1.82) is 0 Å². The summed E-state index contributed by atoms with van der Waals surface area (Å²) in [5.41, 5.74) is -3.23. The third-order valence-electron chi connectivity index (χ3n) is 8.24. The number of rotatable bonds is 10. The molecule has 1 saturated heterocycles. The van der Waals surface area contributed by atoms with Gasteiger partial charge in [-0.3, -0.25) is 9.59 Å². The van der Waals surface area contributed by atoms with Crippen molar-refractivity contribution in [2.75, 3.05) is 0 Å². The van der Waals surface area contributed by atoms with E-state index < -0.39 is 23.2 Å². The average Bonchev–Trinajstić information content (AvgIpc) is 2.98. The van der Waals surface area contributed by atoms with Crippen molar-refractivity contribution in [3.63, 3.8) is 0 Å². The standard InChI is InChI=1S/C26H43NO4/c1-3-4-5-12-17-21-24(30)27-26(25(21,2)31,23(29)20-15-10-7-11-16-20)22(28)18-19-13-8-6-9-14-19/h10,15,19-21,23,29,31H,3-9,11-14,16-18H2,1-2H3,(H,27,30)/t20-,21+,23+,25+,26-/m1/s1. The first-order valence-electron chi connectivity index (χ1n) is 12.8. The number of Topliss-reactive ketones (excluding diaryl/α,β-unsaturated/α-hetero) is 1. The quantitative estimate of drug-likeness (QED) is 0.351. The van der Waals surface area contributed by atoms with Crippen LogP contribution < -0.4 is 5.32 Å². The van der Waals surface area contributed by atoms with Gasteiger partial charge in [-0.15, -0.1) is 0 Å². The molecule has 0 unspecified atom stereocenters. The van der Waals surface area contributed by atoms with Gasteiger partial charge in [0.15, 0.2) is 11.3 Å². The maximum Gasteiger partial charge on any atom is 0.227 e. The van der Waals surface area contributed by atoms with Crippen LogP contribution in [0.3, 0.4) is 0 Å². The lowest BCUT2D eigenvalue weighted by Gasteiger charge is -2.46. The number of aliphatic hydroxyl groups excluding tert-OH is 1. The highest BCUT2D eigenvalue weighted by atomic mass is 16.3. The van der Waals surface area contributed by atoms with E-state index in [0.29, 0.717) is 12.8 Å². The summed E-state index contributed by atoms with van der Waals surface area (Å²) >= 11 is 0. The third kappa shape index (κ3) is 4.93. The molecule has 31 heavy (non-hydrogen) atoms. The molecule has 2 fully saturated rings. The minimum atomic E-state index is -1.62. The average molecular weight is 434 g/mol. The van der Waals surface area contributed by atoms with Crippen LogP contribution in [0, 0.1) is 17.8 Å². The summed E-state index contributed by atoms with van der Waals surface area (Å²) < 4.78 is 0. The number of amides is 1. The highest BCUT2D eigenvalue weighted by molar-refractivity contribution is 6.00. The highest BCUT2D eigenvalue weighted by Gasteiger charge is 2.68. The van der Waals surface area contributed by atoms with Crippen LogP contribution in [0.1, 0.15) is 104 Å². The molecule has 1 heterocycles. The van der Waals surface area contributed by atoms with Crippen LogP contribution in [0.5, 0.6) is 0 Å². The Labute approximate surface area is 188 Å². The number of carbonyl (C=O) groups is 2. The molecule has 0 radical (unpaired) electrons. The second kappa shape index (κ2) is 10.6. The summed E-state index contributed by atoms with van der Waals surface area (Å²) in [7, 11) is 0. The lowest BCUT2D eigenvalue weighted by molar-refractivity contribution is -0.152. The van der Waals surface area contributed by atoms with E-state index in [1.807, 2.05) is 12.2 Å². The van der Waals surface area contributed by atoms with E-state index >= 15 is 0 Å². The molecule has 3 aliphatic rings. The number of carbonyl (C=O) groups excluding carboxylic acids is 2. The van der Waals surface area contributed by atoms with E-state index in [4.69, 9.17) is 0 Å². The van der Waals surface area contributed by atoms with Gasteiger partial charge in [-0.2, -0.15) is 0 Å². The first-order chi connectivity index (χ1) is 14.8. The minimum Gasteiger partial charge on any atom is -0.389 e. The Bertz CT molecular complexity index is 652. The molecule has 5 heteroatoms. The van der Waals surface area contributed by atoms with E-state index in [1.54, 1.807) is 6.92 Å². The van der Waals surface area contributed by atoms with Gasteiger partial charge in [-0.25, -0.2) is 0 Å². The molecular formula is C26H43NO4. The first kappa shape index (κ1) is 24.4. The topological polar surface area (TPSA) is 86.6 Å². The second-order valence-electron chi connectivity index (χ2n) is 10.4. The van der Waals surface area contributed by atoms with Crippen LogP contribution in [-0.2, 0) is 9.59 Å². The normalized spacial score (nSPS) is 35.2. The highest BCUT2D eigenvalue weighted by Crippen LogP contribution is 2.46. The van der Waals surface area contributed by atoms with E-state index in [2.05, 4.69) is 12.2 Å². The van der Waals surface area contributed by atoms with Gasteiger partial charge in [0.2, 0.25) is 5.91 Å². The van der Waals surface area contributed by atoms with Crippen molar-refractivity contribution in [1.82, 2.24) is 5.32 Å². The fourth-order valence-electron chi connectivity index (χ4n) is 6.25. The van der Waals surface area contributed by atoms with Gasteiger partial charge in [0.1, 0.15) is 5.60 Å². The Morgan fingerprint density at radius 2 is 1.90 bits per heavy atom. The predicted octanol–water partition coefficient (Wildman–Crippen LogP) is 4.45.